The van der Waals surface area contributed by atoms with Crippen molar-refractivity contribution < 1.29 is 0 Å². The number of pyridine rings is 1. The number of aryl methyl sites for hydroxylation is 1. The Morgan fingerprint density at radius 1 is 1.33 bits per heavy atom. The van der Waals surface area contributed by atoms with Gasteiger partial charge in [0, 0.05) is 12.2 Å². The van der Waals surface area contributed by atoms with Gasteiger partial charge in [-0.05, 0) is 37.8 Å². The summed E-state index contributed by atoms with van der Waals surface area (Å²) in [4.78, 5) is 9.11. The molecule has 2 aromatic rings. The van der Waals surface area contributed by atoms with E-state index in [1.807, 2.05) is 12.3 Å². The second kappa shape index (κ2) is 5.27. The molecule has 0 aliphatic carbocycles. The summed E-state index contributed by atoms with van der Waals surface area (Å²) in [5.41, 5.74) is 3.09. The number of nitrogens with zero attached hydrogens (tertiary/aromatic N) is 3. The van der Waals surface area contributed by atoms with E-state index in [-0.39, 0.29) is 0 Å². The molecule has 0 radical (unpaired) electrons. The quantitative estimate of drug-likeness (QED) is 0.780. The number of aromatic nitrogens is 3. The molecule has 1 unspecified atom stereocenters. The molecule has 0 aromatic carbocycles. The van der Waals surface area contributed by atoms with Crippen LogP contribution in [-0.2, 0) is 5.88 Å². The molecule has 0 N–H and O–H groups in total. The Morgan fingerprint density at radius 3 is 2.67 bits per heavy atom. The maximum absolute atomic E-state index is 6.03. The first-order chi connectivity index (χ1) is 8.54. The van der Waals surface area contributed by atoms with Crippen LogP contribution in [0.15, 0.2) is 12.3 Å². The van der Waals surface area contributed by atoms with Gasteiger partial charge in [-0.25, -0.2) is 9.97 Å². The average molecular weight is 266 g/mol. The fraction of sp³-hybridized carbons (Fsp3) is 0.571. The molecule has 98 valence electrons. The minimum Gasteiger partial charge on any atom is -0.309 e. The van der Waals surface area contributed by atoms with E-state index in [4.69, 9.17) is 11.6 Å². The van der Waals surface area contributed by atoms with Gasteiger partial charge in [-0.1, -0.05) is 13.8 Å². The number of hydrogen-bond acceptors (Lipinski definition) is 2. The first kappa shape index (κ1) is 13.3. The first-order valence-electron chi connectivity index (χ1n) is 6.43. The Balaban J connectivity index is 2.57. The highest BCUT2D eigenvalue weighted by Gasteiger charge is 2.17. The Bertz CT molecular complexity index is 545. The summed E-state index contributed by atoms with van der Waals surface area (Å²) in [6.07, 6.45) is 2.95. The number of halogens is 1. The molecule has 0 bridgehead atoms. The fourth-order valence-corrected chi connectivity index (χ4v) is 2.69. The molecule has 0 saturated heterocycles. The molecular formula is C14H20ClN3. The highest BCUT2D eigenvalue weighted by Crippen LogP contribution is 2.26. The third-order valence-electron chi connectivity index (χ3n) is 3.23. The SMILES string of the molecule is Cc1ccnc2c1nc(CCl)n2C(C)CC(C)C. The molecule has 2 rings (SSSR count). The van der Waals surface area contributed by atoms with Crippen molar-refractivity contribution in [1.82, 2.24) is 14.5 Å². The smallest absolute Gasteiger partial charge is 0.160 e. The van der Waals surface area contributed by atoms with Crippen LogP contribution in [-0.4, -0.2) is 14.5 Å². The number of fused-ring (bicyclic) bond motifs is 1. The van der Waals surface area contributed by atoms with E-state index in [1.165, 1.54) is 0 Å². The zero-order valence-corrected chi connectivity index (χ0v) is 12.2. The topological polar surface area (TPSA) is 30.7 Å². The normalized spacial score (nSPS) is 13.4. The van der Waals surface area contributed by atoms with Crippen molar-refractivity contribution in [3.63, 3.8) is 0 Å². The van der Waals surface area contributed by atoms with Crippen LogP contribution in [0, 0.1) is 12.8 Å². The molecule has 18 heavy (non-hydrogen) atoms. The molecule has 4 heteroatoms. The van der Waals surface area contributed by atoms with Gasteiger partial charge >= 0.3 is 0 Å². The monoisotopic (exact) mass is 265 g/mol. The van der Waals surface area contributed by atoms with Crippen molar-refractivity contribution in [2.75, 3.05) is 0 Å². The maximum Gasteiger partial charge on any atom is 0.160 e. The van der Waals surface area contributed by atoms with Crippen LogP contribution in [0.4, 0.5) is 0 Å². The van der Waals surface area contributed by atoms with Gasteiger partial charge in [-0.15, -0.1) is 11.6 Å². The van der Waals surface area contributed by atoms with Crippen LogP contribution in [0.1, 0.15) is 44.6 Å². The Hall–Kier alpha value is -1.09. The van der Waals surface area contributed by atoms with Crippen LogP contribution in [0.3, 0.4) is 0 Å². The molecule has 0 amide bonds. The lowest BCUT2D eigenvalue weighted by molar-refractivity contribution is 0.427. The summed E-state index contributed by atoms with van der Waals surface area (Å²) >= 11 is 6.03. The third-order valence-corrected chi connectivity index (χ3v) is 3.47. The maximum atomic E-state index is 6.03. The molecule has 0 spiro atoms. The van der Waals surface area contributed by atoms with Gasteiger partial charge in [0.25, 0.3) is 0 Å². The van der Waals surface area contributed by atoms with Crippen LogP contribution in [0.5, 0.6) is 0 Å². The van der Waals surface area contributed by atoms with E-state index in [2.05, 4.69) is 42.2 Å². The van der Waals surface area contributed by atoms with Crippen LogP contribution >= 0.6 is 11.6 Å². The van der Waals surface area contributed by atoms with Gasteiger partial charge in [0.15, 0.2) is 5.65 Å². The molecule has 2 aromatic heterocycles. The molecule has 1 atom stereocenters. The first-order valence-corrected chi connectivity index (χ1v) is 6.96. The minimum atomic E-state index is 0.373. The summed E-state index contributed by atoms with van der Waals surface area (Å²) in [5.74, 6) is 1.99. The average Bonchev–Trinajstić information content (AvgIpc) is 2.68. The third kappa shape index (κ3) is 2.37. The predicted molar refractivity (Wildman–Crippen MR) is 76.0 cm³/mol. The van der Waals surface area contributed by atoms with Crippen molar-refractivity contribution in [3.05, 3.63) is 23.7 Å². The molecular weight excluding hydrogens is 246 g/mol. The summed E-state index contributed by atoms with van der Waals surface area (Å²) in [5, 5.41) is 0. The molecule has 0 aliphatic rings. The summed E-state index contributed by atoms with van der Waals surface area (Å²) in [7, 11) is 0. The largest absolute Gasteiger partial charge is 0.309 e. The molecule has 0 aliphatic heterocycles. The Morgan fingerprint density at radius 2 is 2.06 bits per heavy atom. The van der Waals surface area contributed by atoms with Gasteiger partial charge < -0.3 is 4.57 Å². The van der Waals surface area contributed by atoms with E-state index >= 15 is 0 Å². The second-order valence-electron chi connectivity index (χ2n) is 5.31. The van der Waals surface area contributed by atoms with Crippen molar-refractivity contribution in [2.24, 2.45) is 5.92 Å². The Labute approximate surface area is 113 Å². The van der Waals surface area contributed by atoms with Crippen LogP contribution in [0.25, 0.3) is 11.2 Å². The van der Waals surface area contributed by atoms with E-state index in [1.54, 1.807) is 0 Å². The standard InChI is InChI=1S/C14H20ClN3/c1-9(2)7-11(4)18-12(8-15)17-13-10(3)5-6-16-14(13)18/h5-6,9,11H,7-8H2,1-4H3. The number of rotatable bonds is 4. The van der Waals surface area contributed by atoms with Crippen molar-refractivity contribution in [3.8, 4) is 0 Å². The van der Waals surface area contributed by atoms with Gasteiger partial charge in [0.05, 0.1) is 5.88 Å². The van der Waals surface area contributed by atoms with Crippen molar-refractivity contribution in [2.45, 2.75) is 46.0 Å². The van der Waals surface area contributed by atoms with E-state index in [9.17, 15) is 0 Å². The zero-order valence-electron chi connectivity index (χ0n) is 11.4. The second-order valence-corrected chi connectivity index (χ2v) is 5.58. The summed E-state index contributed by atoms with van der Waals surface area (Å²) in [6, 6.07) is 2.36. The molecule has 3 nitrogen and oxygen atoms in total. The zero-order chi connectivity index (χ0) is 13.3. The lowest BCUT2D eigenvalue weighted by Crippen LogP contribution is -2.11. The van der Waals surface area contributed by atoms with E-state index in [0.29, 0.717) is 17.8 Å². The molecule has 2 heterocycles. The van der Waals surface area contributed by atoms with Gasteiger partial charge in [-0.2, -0.15) is 0 Å². The minimum absolute atomic E-state index is 0.373. The van der Waals surface area contributed by atoms with Gasteiger partial charge in [-0.3, -0.25) is 0 Å². The van der Waals surface area contributed by atoms with E-state index < -0.39 is 0 Å². The number of hydrogen-bond donors (Lipinski definition) is 0. The molecule has 0 fully saturated rings. The Kier molecular flexibility index (Phi) is 3.91. The van der Waals surface area contributed by atoms with Crippen LogP contribution < -0.4 is 0 Å². The van der Waals surface area contributed by atoms with Crippen molar-refractivity contribution >= 4 is 22.8 Å². The lowest BCUT2D eigenvalue weighted by Gasteiger charge is -2.18. The summed E-state index contributed by atoms with van der Waals surface area (Å²) < 4.78 is 2.19. The number of imidazole rings is 1. The predicted octanol–water partition coefficient (Wildman–Crippen LogP) is 4.09. The highest BCUT2D eigenvalue weighted by atomic mass is 35.5. The summed E-state index contributed by atoms with van der Waals surface area (Å²) in [6.45, 7) is 8.73. The van der Waals surface area contributed by atoms with Gasteiger partial charge in [0.2, 0.25) is 0 Å². The van der Waals surface area contributed by atoms with E-state index in [0.717, 1.165) is 29.0 Å². The van der Waals surface area contributed by atoms with Crippen molar-refractivity contribution in [1.29, 1.82) is 0 Å². The lowest BCUT2D eigenvalue weighted by atomic mass is 10.1. The molecule has 0 saturated carbocycles. The highest BCUT2D eigenvalue weighted by molar-refractivity contribution is 6.16. The van der Waals surface area contributed by atoms with Gasteiger partial charge in [0.1, 0.15) is 11.3 Å². The van der Waals surface area contributed by atoms with Crippen LogP contribution in [0.2, 0.25) is 0 Å². The fourth-order valence-electron chi connectivity index (χ4n) is 2.50. The number of alkyl halides is 1.